The van der Waals surface area contributed by atoms with Gasteiger partial charge in [0.1, 0.15) is 0 Å². The Hall–Kier alpha value is -0.830. The minimum atomic E-state index is -0.976. The molecule has 1 aromatic heterocycles. The van der Waals surface area contributed by atoms with Crippen LogP contribution in [0, 0.1) is 6.92 Å². The van der Waals surface area contributed by atoms with Crippen LogP contribution >= 0.6 is 11.3 Å². The van der Waals surface area contributed by atoms with Gasteiger partial charge in [0.05, 0.1) is 8.07 Å². The Bertz CT molecular complexity index is 1310. The largest absolute Gasteiger partial charge is 3.00 e. The maximum Gasteiger partial charge on any atom is 3.00 e. The van der Waals surface area contributed by atoms with Crippen molar-refractivity contribution in [1.82, 2.24) is 0 Å². The quantitative estimate of drug-likeness (QED) is 0.245. The molecule has 1 radical (unpaired) electrons. The Morgan fingerprint density at radius 1 is 0.912 bits per heavy atom. The minimum Gasteiger partial charge on any atom is -1.00 e. The van der Waals surface area contributed by atoms with Crippen LogP contribution < -0.4 is 24.8 Å². The second-order valence-electron chi connectivity index (χ2n) is 10.1. The maximum absolute atomic E-state index is 2.50. The van der Waals surface area contributed by atoms with Crippen LogP contribution in [0.25, 0.3) is 27.1 Å². The molecule has 0 saturated carbocycles. The molecular weight excluding hydrogens is 571 g/mol. The molecule has 5 heteroatoms. The van der Waals surface area contributed by atoms with E-state index in [0.29, 0.717) is 5.92 Å². The molecule has 4 aromatic rings. The van der Waals surface area contributed by atoms with E-state index >= 15 is 0 Å². The number of benzene rings is 2. The molecule has 3 heterocycles. The fraction of sp³-hybridized carbons (Fsp3) is 0.276. The summed E-state index contributed by atoms with van der Waals surface area (Å²) in [6.07, 6.45) is 0. The van der Waals surface area contributed by atoms with Gasteiger partial charge >= 0.3 is 26.2 Å². The van der Waals surface area contributed by atoms with Gasteiger partial charge in [0.2, 0.25) is 0 Å². The van der Waals surface area contributed by atoms with E-state index in [0.717, 1.165) is 5.54 Å². The van der Waals surface area contributed by atoms with Crippen molar-refractivity contribution >= 4 is 35.4 Å². The van der Waals surface area contributed by atoms with E-state index in [-0.39, 0.29) is 51.0 Å². The summed E-state index contributed by atoms with van der Waals surface area (Å²) >= 11 is 1.87. The SMILES string of the molecule is CC1=C2c3cscc3C1[Si]2(C)C.Cc1cc2c(-c3ccc(C(C)C)cc3)cccc2[cH-]1.[Cl-].[Cl-].[Zr+3]. The first-order valence-corrected chi connectivity index (χ1v) is 15.3. The summed E-state index contributed by atoms with van der Waals surface area (Å²) in [6, 6.07) is 20.1. The number of rotatable bonds is 2. The fourth-order valence-corrected chi connectivity index (χ4v) is 11.3. The molecule has 1 aliphatic carbocycles. The molecule has 0 spiro atoms. The zero-order valence-electron chi connectivity index (χ0n) is 20.7. The second-order valence-corrected chi connectivity index (χ2v) is 15.3. The number of fused-ring (bicyclic) bond motifs is 1. The Morgan fingerprint density at radius 3 is 2.18 bits per heavy atom. The molecule has 2 aliphatic heterocycles. The van der Waals surface area contributed by atoms with Gasteiger partial charge in [0.15, 0.2) is 0 Å². The molecule has 0 saturated heterocycles. The Morgan fingerprint density at radius 2 is 1.59 bits per heavy atom. The molecule has 1 atom stereocenters. The number of allylic oxidation sites excluding steroid dienone is 1. The van der Waals surface area contributed by atoms with Gasteiger partial charge in [-0.05, 0) is 45.9 Å². The van der Waals surface area contributed by atoms with Gasteiger partial charge in [0, 0.05) is 5.54 Å². The summed E-state index contributed by atoms with van der Waals surface area (Å²) in [5.41, 5.74) is 11.2. The Labute approximate surface area is 241 Å². The van der Waals surface area contributed by atoms with Crippen molar-refractivity contribution < 1.29 is 51.0 Å². The number of thiophene rings is 1. The van der Waals surface area contributed by atoms with E-state index in [1.54, 1.807) is 21.9 Å². The van der Waals surface area contributed by atoms with Crippen molar-refractivity contribution in [3.05, 3.63) is 93.2 Å². The molecule has 7 rings (SSSR count). The summed E-state index contributed by atoms with van der Waals surface area (Å²) in [4.78, 5) is 0. The molecule has 3 aliphatic rings. The van der Waals surface area contributed by atoms with Gasteiger partial charge in [0.25, 0.3) is 0 Å². The summed E-state index contributed by atoms with van der Waals surface area (Å²) in [7, 11) is -0.976. The predicted molar refractivity (Wildman–Crippen MR) is 141 cm³/mol. The van der Waals surface area contributed by atoms with Crippen LogP contribution in [0.2, 0.25) is 13.1 Å². The van der Waals surface area contributed by atoms with E-state index in [2.05, 4.69) is 106 Å². The standard InChI is InChI=1S/C19H19.C10H12SSi.2ClH.Zr/c1-13(2)15-7-9-16(10-8-15)18-6-4-5-17-11-14(3)12-19(17)18;1-6-9-7-4-11-5-8(7)10(6)12(9,2)3;;;/h4-13H,1-3H3;4-5,9H,1-3H3;2*1H;/q-1;;;;+3/p-2. The van der Waals surface area contributed by atoms with Gasteiger partial charge in [-0.1, -0.05) is 80.5 Å². The molecule has 175 valence electrons. The van der Waals surface area contributed by atoms with Crippen LogP contribution in [-0.2, 0) is 26.2 Å². The van der Waals surface area contributed by atoms with Gasteiger partial charge in [-0.3, -0.25) is 0 Å². The first kappa shape index (κ1) is 29.4. The van der Waals surface area contributed by atoms with Gasteiger partial charge < -0.3 is 24.8 Å². The van der Waals surface area contributed by atoms with Crippen molar-refractivity contribution in [3.63, 3.8) is 0 Å². The number of hydrogen-bond acceptors (Lipinski definition) is 1. The van der Waals surface area contributed by atoms with Crippen molar-refractivity contribution in [3.8, 4) is 11.1 Å². The average Bonchev–Trinajstić information content (AvgIpc) is 3.44. The number of aryl methyl sites for hydroxylation is 1. The van der Waals surface area contributed by atoms with Crippen LogP contribution in [0.4, 0.5) is 0 Å². The zero-order chi connectivity index (χ0) is 21.9. The van der Waals surface area contributed by atoms with E-state index in [1.165, 1.54) is 33.0 Å². The molecule has 0 N–H and O–H groups in total. The number of halogens is 2. The molecular formula is C29H31Cl2SSiZr. The summed E-state index contributed by atoms with van der Waals surface area (Å²) < 4.78 is 0. The minimum absolute atomic E-state index is 0. The predicted octanol–water partition coefficient (Wildman–Crippen LogP) is 3.08. The summed E-state index contributed by atoms with van der Waals surface area (Å²) in [6.45, 7) is 14.0. The Kier molecular flexibility index (Phi) is 9.56. The van der Waals surface area contributed by atoms with Crippen molar-refractivity contribution in [2.75, 3.05) is 0 Å². The third-order valence-corrected chi connectivity index (χ3v) is 12.2. The van der Waals surface area contributed by atoms with Gasteiger partial charge in [-0.2, -0.15) is 17.4 Å². The third-order valence-electron chi connectivity index (χ3n) is 7.25. The first-order valence-electron chi connectivity index (χ1n) is 11.3. The molecule has 0 amide bonds. The first-order chi connectivity index (χ1) is 14.8. The molecule has 1 unspecified atom stereocenters. The monoisotopic (exact) mass is 599 g/mol. The number of hydrogen-bond donors (Lipinski definition) is 0. The van der Waals surface area contributed by atoms with Crippen LogP contribution in [0.3, 0.4) is 0 Å². The van der Waals surface area contributed by atoms with Crippen LogP contribution in [0.1, 0.15) is 54.5 Å². The van der Waals surface area contributed by atoms with Crippen LogP contribution in [0.15, 0.2) is 70.9 Å². The third kappa shape index (κ3) is 4.76. The summed E-state index contributed by atoms with van der Waals surface area (Å²) in [5, 5.41) is 9.16. The Balaban J connectivity index is 0.000000238. The fourth-order valence-electron chi connectivity index (χ4n) is 5.86. The van der Waals surface area contributed by atoms with E-state index in [1.807, 2.05) is 11.3 Å². The second kappa shape index (κ2) is 11.1. The van der Waals surface area contributed by atoms with E-state index in [4.69, 9.17) is 0 Å². The molecule has 2 bridgehead atoms. The van der Waals surface area contributed by atoms with Crippen molar-refractivity contribution in [2.45, 2.75) is 52.2 Å². The average molecular weight is 602 g/mol. The van der Waals surface area contributed by atoms with E-state index < -0.39 is 8.07 Å². The smallest absolute Gasteiger partial charge is 1.00 e. The topological polar surface area (TPSA) is 0 Å². The van der Waals surface area contributed by atoms with Gasteiger partial charge in [-0.25, -0.2) is 0 Å². The normalized spacial score (nSPS) is 16.5. The van der Waals surface area contributed by atoms with Gasteiger partial charge in [-0.15, -0.1) is 34.5 Å². The summed E-state index contributed by atoms with van der Waals surface area (Å²) in [5.74, 6) is 0.589. The van der Waals surface area contributed by atoms with Crippen molar-refractivity contribution in [2.24, 2.45) is 0 Å². The van der Waals surface area contributed by atoms with Crippen LogP contribution in [-0.4, -0.2) is 8.07 Å². The zero-order valence-corrected chi connectivity index (χ0v) is 26.5. The molecule has 0 fully saturated rings. The molecule has 0 nitrogen and oxygen atoms in total. The molecule has 34 heavy (non-hydrogen) atoms. The van der Waals surface area contributed by atoms with Crippen molar-refractivity contribution in [1.29, 1.82) is 0 Å². The maximum atomic E-state index is 2.50. The van der Waals surface area contributed by atoms with E-state index in [9.17, 15) is 0 Å². The molecule has 3 aromatic carbocycles. The van der Waals surface area contributed by atoms with Crippen LogP contribution in [0.5, 0.6) is 0 Å².